The van der Waals surface area contributed by atoms with Gasteiger partial charge in [0, 0.05) is 0 Å². The number of carboxylic acids is 1. The first kappa shape index (κ1) is 12.4. The van der Waals surface area contributed by atoms with Crippen LogP contribution in [0.15, 0.2) is 33.5 Å². The number of fused-ring (bicyclic) bond motifs is 1. The molecule has 2 rings (SSSR count). The third kappa shape index (κ3) is 1.54. The van der Waals surface area contributed by atoms with Gasteiger partial charge in [0.15, 0.2) is 5.58 Å². The molecule has 0 fully saturated rings. The van der Waals surface area contributed by atoms with Crippen molar-refractivity contribution in [3.05, 3.63) is 34.8 Å². The lowest BCUT2D eigenvalue weighted by Gasteiger charge is -2.27. The average Bonchev–Trinajstić information content (AvgIpc) is 2.69. The summed E-state index contributed by atoms with van der Waals surface area (Å²) in [7, 11) is 0. The Bertz CT molecular complexity index is 634. The normalized spacial score (nSPS) is 11.9. The number of nitrogens with zero attached hydrogens (tertiary/aromatic N) is 1. The van der Waals surface area contributed by atoms with Gasteiger partial charge in [0.05, 0.1) is 5.52 Å². The molecule has 0 aliphatic rings. The summed E-state index contributed by atoms with van der Waals surface area (Å²) in [5.41, 5.74) is -0.312. The van der Waals surface area contributed by atoms with E-state index in [0.29, 0.717) is 23.9 Å². The Hall–Kier alpha value is -2.04. The van der Waals surface area contributed by atoms with Gasteiger partial charge in [-0.05, 0) is 25.0 Å². The van der Waals surface area contributed by atoms with Crippen LogP contribution in [-0.4, -0.2) is 15.6 Å². The molecule has 5 nitrogen and oxygen atoms in total. The Kier molecular flexibility index (Phi) is 2.98. The summed E-state index contributed by atoms with van der Waals surface area (Å²) in [5, 5.41) is 9.48. The number of aromatic nitrogens is 1. The fourth-order valence-corrected chi connectivity index (χ4v) is 2.34. The Morgan fingerprint density at radius 1 is 1.33 bits per heavy atom. The minimum Gasteiger partial charge on any atom is -0.479 e. The van der Waals surface area contributed by atoms with Crippen molar-refractivity contribution >= 4 is 17.1 Å². The van der Waals surface area contributed by atoms with Crippen LogP contribution >= 0.6 is 0 Å². The van der Waals surface area contributed by atoms with Crippen LogP contribution in [-0.2, 0) is 10.3 Å². The predicted molar refractivity (Wildman–Crippen MR) is 66.7 cm³/mol. The molecule has 0 radical (unpaired) electrons. The van der Waals surface area contributed by atoms with Gasteiger partial charge in [0.1, 0.15) is 5.54 Å². The molecule has 1 aromatic heterocycles. The summed E-state index contributed by atoms with van der Waals surface area (Å²) < 4.78 is 6.36. The van der Waals surface area contributed by atoms with Crippen molar-refractivity contribution in [3.63, 3.8) is 0 Å². The molecule has 0 aliphatic carbocycles. The highest BCUT2D eigenvalue weighted by molar-refractivity contribution is 5.81. The standard InChI is InChI=1S/C13H15NO4/c1-3-13(4-2,11(15)16)14-9-7-5-6-8-10(9)18-12(14)17/h5-8H,3-4H2,1-2H3,(H,15,16). The van der Waals surface area contributed by atoms with Gasteiger partial charge < -0.3 is 9.52 Å². The molecular formula is C13H15NO4. The third-order valence-corrected chi connectivity index (χ3v) is 3.48. The number of carboxylic acid groups (broad SMARTS) is 1. The zero-order chi connectivity index (χ0) is 13.3. The van der Waals surface area contributed by atoms with E-state index in [9.17, 15) is 14.7 Å². The molecule has 1 N–H and O–H groups in total. The van der Waals surface area contributed by atoms with Gasteiger partial charge in [-0.3, -0.25) is 4.57 Å². The maximum atomic E-state index is 11.9. The second-order valence-electron chi connectivity index (χ2n) is 4.21. The van der Waals surface area contributed by atoms with Gasteiger partial charge in [-0.15, -0.1) is 0 Å². The maximum Gasteiger partial charge on any atom is 0.420 e. The molecule has 0 aliphatic heterocycles. The first-order valence-electron chi connectivity index (χ1n) is 5.91. The largest absolute Gasteiger partial charge is 0.479 e. The number of hydrogen-bond acceptors (Lipinski definition) is 3. The molecule has 0 saturated heterocycles. The number of rotatable bonds is 4. The summed E-state index contributed by atoms with van der Waals surface area (Å²) in [6, 6.07) is 6.86. The molecule has 5 heteroatoms. The number of hydrogen-bond donors (Lipinski definition) is 1. The van der Waals surface area contributed by atoms with E-state index in [4.69, 9.17) is 4.42 Å². The molecule has 0 unspecified atom stereocenters. The molecule has 18 heavy (non-hydrogen) atoms. The number of carbonyl (C=O) groups is 1. The first-order chi connectivity index (χ1) is 8.56. The topological polar surface area (TPSA) is 72.4 Å². The van der Waals surface area contributed by atoms with E-state index >= 15 is 0 Å². The lowest BCUT2D eigenvalue weighted by atomic mass is 9.92. The first-order valence-corrected chi connectivity index (χ1v) is 5.91. The summed E-state index contributed by atoms with van der Waals surface area (Å²) in [5.74, 6) is -1.64. The number of aliphatic carboxylic acids is 1. The fourth-order valence-electron chi connectivity index (χ4n) is 2.34. The van der Waals surface area contributed by atoms with E-state index in [1.807, 2.05) is 0 Å². The van der Waals surface area contributed by atoms with Crippen LogP contribution in [0.1, 0.15) is 26.7 Å². The number of oxazole rings is 1. The van der Waals surface area contributed by atoms with Crippen molar-refractivity contribution in [1.29, 1.82) is 0 Å². The van der Waals surface area contributed by atoms with Crippen LogP contribution < -0.4 is 5.76 Å². The van der Waals surface area contributed by atoms with E-state index in [1.165, 1.54) is 4.57 Å². The fraction of sp³-hybridized carbons (Fsp3) is 0.385. The minimum atomic E-state index is -1.25. The Morgan fingerprint density at radius 3 is 2.50 bits per heavy atom. The van der Waals surface area contributed by atoms with Crippen molar-refractivity contribution in [1.82, 2.24) is 4.57 Å². The molecule has 2 aromatic rings. The molecule has 1 aromatic carbocycles. The predicted octanol–water partition coefficient (Wildman–Crippen LogP) is 2.19. The van der Waals surface area contributed by atoms with Crippen LogP contribution in [0, 0.1) is 0 Å². The Morgan fingerprint density at radius 2 is 1.94 bits per heavy atom. The van der Waals surface area contributed by atoms with E-state index in [-0.39, 0.29) is 0 Å². The molecular weight excluding hydrogens is 234 g/mol. The number of para-hydroxylation sites is 2. The van der Waals surface area contributed by atoms with Crippen molar-refractivity contribution in [2.24, 2.45) is 0 Å². The molecule has 0 saturated carbocycles. The second kappa shape index (κ2) is 4.33. The monoisotopic (exact) mass is 249 g/mol. The zero-order valence-electron chi connectivity index (χ0n) is 10.3. The van der Waals surface area contributed by atoms with Crippen molar-refractivity contribution < 1.29 is 14.3 Å². The SMILES string of the molecule is CCC(CC)(C(=O)O)n1c(=O)oc2ccccc21. The molecule has 0 bridgehead atoms. The molecule has 0 amide bonds. The minimum absolute atomic E-state index is 0.322. The van der Waals surface area contributed by atoms with Crippen LogP contribution in [0.25, 0.3) is 11.1 Å². The molecule has 0 atom stereocenters. The van der Waals surface area contributed by atoms with Gasteiger partial charge in [0.25, 0.3) is 0 Å². The maximum absolute atomic E-state index is 11.9. The average molecular weight is 249 g/mol. The van der Waals surface area contributed by atoms with Gasteiger partial charge >= 0.3 is 11.7 Å². The van der Waals surface area contributed by atoms with E-state index in [2.05, 4.69) is 0 Å². The highest BCUT2D eigenvalue weighted by Gasteiger charge is 2.40. The van der Waals surface area contributed by atoms with Crippen LogP contribution in [0.2, 0.25) is 0 Å². The number of benzene rings is 1. The van der Waals surface area contributed by atoms with Crippen LogP contribution in [0.3, 0.4) is 0 Å². The highest BCUT2D eigenvalue weighted by atomic mass is 16.4. The van der Waals surface area contributed by atoms with Gasteiger partial charge in [-0.25, -0.2) is 9.59 Å². The lowest BCUT2D eigenvalue weighted by Crippen LogP contribution is -2.45. The second-order valence-corrected chi connectivity index (χ2v) is 4.21. The highest BCUT2D eigenvalue weighted by Crippen LogP contribution is 2.28. The van der Waals surface area contributed by atoms with E-state index in [1.54, 1.807) is 38.1 Å². The molecule has 96 valence electrons. The van der Waals surface area contributed by atoms with Crippen molar-refractivity contribution in [2.45, 2.75) is 32.2 Å². The van der Waals surface area contributed by atoms with Gasteiger partial charge in [-0.2, -0.15) is 0 Å². The molecule has 1 heterocycles. The van der Waals surface area contributed by atoms with Crippen molar-refractivity contribution in [3.8, 4) is 0 Å². The van der Waals surface area contributed by atoms with E-state index < -0.39 is 17.3 Å². The van der Waals surface area contributed by atoms with Crippen molar-refractivity contribution in [2.75, 3.05) is 0 Å². The Labute approximate surface area is 104 Å². The molecule has 0 spiro atoms. The summed E-state index contributed by atoms with van der Waals surface area (Å²) in [6.45, 7) is 3.51. The quantitative estimate of drug-likeness (QED) is 0.901. The van der Waals surface area contributed by atoms with Gasteiger partial charge in [-0.1, -0.05) is 26.0 Å². The zero-order valence-corrected chi connectivity index (χ0v) is 10.3. The van der Waals surface area contributed by atoms with Gasteiger partial charge in [0.2, 0.25) is 0 Å². The van der Waals surface area contributed by atoms with E-state index in [0.717, 1.165) is 0 Å². The summed E-state index contributed by atoms with van der Waals surface area (Å²) in [6.07, 6.45) is 0.643. The third-order valence-electron chi connectivity index (χ3n) is 3.48. The summed E-state index contributed by atoms with van der Waals surface area (Å²) in [4.78, 5) is 23.5. The van der Waals surface area contributed by atoms with Crippen LogP contribution in [0.5, 0.6) is 0 Å². The summed E-state index contributed by atoms with van der Waals surface area (Å²) >= 11 is 0. The van der Waals surface area contributed by atoms with Crippen LogP contribution in [0.4, 0.5) is 0 Å². The smallest absolute Gasteiger partial charge is 0.420 e. The lowest BCUT2D eigenvalue weighted by molar-refractivity contribution is -0.148. The Balaban J connectivity index is 2.84.